The highest BCUT2D eigenvalue weighted by atomic mass is 35.5. The van der Waals surface area contributed by atoms with Crippen molar-refractivity contribution in [2.75, 3.05) is 0 Å². The van der Waals surface area contributed by atoms with Crippen molar-refractivity contribution in [3.8, 4) is 0 Å². The first-order valence-electron chi connectivity index (χ1n) is 3.45. The van der Waals surface area contributed by atoms with E-state index in [4.69, 9.17) is 28.3 Å². The maximum atomic E-state index is 13.4. The second-order valence-electron chi connectivity index (χ2n) is 2.58. The van der Waals surface area contributed by atoms with Gasteiger partial charge in [-0.15, -0.1) is 0 Å². The van der Waals surface area contributed by atoms with Crippen LogP contribution in [0.15, 0.2) is 17.0 Å². The molecule has 0 fully saturated rings. The van der Waals surface area contributed by atoms with Crippen LogP contribution in [0, 0.1) is 5.82 Å². The van der Waals surface area contributed by atoms with Crippen LogP contribution in [-0.2, 0) is 10.0 Å². The van der Waals surface area contributed by atoms with E-state index in [1.165, 1.54) is 0 Å². The van der Waals surface area contributed by atoms with E-state index in [9.17, 15) is 17.6 Å². The molecular formula is C7H4Cl2FNO3S. The van der Waals surface area contributed by atoms with Crippen molar-refractivity contribution in [1.29, 1.82) is 0 Å². The molecule has 0 spiro atoms. The second-order valence-corrected chi connectivity index (χ2v) is 4.89. The number of hydrogen-bond acceptors (Lipinski definition) is 3. The van der Waals surface area contributed by atoms with E-state index in [0.717, 1.165) is 12.1 Å². The van der Waals surface area contributed by atoms with E-state index >= 15 is 0 Å². The third-order valence-corrected chi connectivity index (χ3v) is 2.85. The lowest BCUT2D eigenvalue weighted by Crippen LogP contribution is -2.15. The predicted molar refractivity (Wildman–Crippen MR) is 53.0 cm³/mol. The summed E-state index contributed by atoms with van der Waals surface area (Å²) in [6.45, 7) is 0. The molecule has 82 valence electrons. The first-order chi connectivity index (χ1) is 6.73. The van der Waals surface area contributed by atoms with Crippen LogP contribution in [-0.4, -0.2) is 13.7 Å². The molecule has 0 aromatic heterocycles. The molecule has 15 heavy (non-hydrogen) atoms. The van der Waals surface area contributed by atoms with Crippen LogP contribution < -0.4 is 5.14 Å². The lowest BCUT2D eigenvalue weighted by atomic mass is 10.2. The number of carbonyl (C=O) groups excluding carboxylic acids is 1. The Morgan fingerprint density at radius 1 is 1.40 bits per heavy atom. The average molecular weight is 272 g/mol. The van der Waals surface area contributed by atoms with Gasteiger partial charge in [0, 0.05) is 5.02 Å². The fourth-order valence-electron chi connectivity index (χ4n) is 0.914. The molecule has 8 heteroatoms. The van der Waals surface area contributed by atoms with Crippen LogP contribution in [0.1, 0.15) is 10.4 Å². The zero-order valence-corrected chi connectivity index (χ0v) is 9.33. The number of sulfonamides is 1. The van der Waals surface area contributed by atoms with Crippen LogP contribution in [0.4, 0.5) is 4.39 Å². The molecule has 1 aromatic rings. The topological polar surface area (TPSA) is 77.2 Å². The van der Waals surface area contributed by atoms with Crippen molar-refractivity contribution in [3.63, 3.8) is 0 Å². The number of primary sulfonamides is 1. The minimum absolute atomic E-state index is 0.149. The van der Waals surface area contributed by atoms with E-state index in [-0.39, 0.29) is 5.02 Å². The fraction of sp³-hybridized carbons (Fsp3) is 0. The van der Waals surface area contributed by atoms with Crippen LogP contribution in [0.3, 0.4) is 0 Å². The van der Waals surface area contributed by atoms with Gasteiger partial charge in [-0.1, -0.05) is 11.6 Å². The summed E-state index contributed by atoms with van der Waals surface area (Å²) in [4.78, 5) is 9.87. The van der Waals surface area contributed by atoms with Gasteiger partial charge in [0.25, 0.3) is 5.24 Å². The number of halogens is 3. The zero-order valence-electron chi connectivity index (χ0n) is 7.00. The summed E-state index contributed by atoms with van der Waals surface area (Å²) in [5, 5.41) is 3.41. The third kappa shape index (κ3) is 2.66. The normalized spacial score (nSPS) is 11.5. The Balaban J connectivity index is 3.63. The largest absolute Gasteiger partial charge is 0.275 e. The first-order valence-corrected chi connectivity index (χ1v) is 5.75. The lowest BCUT2D eigenvalue weighted by molar-refractivity contribution is 0.107. The molecule has 0 amide bonds. The molecule has 0 heterocycles. The van der Waals surface area contributed by atoms with Crippen LogP contribution in [0.2, 0.25) is 5.02 Å². The maximum absolute atomic E-state index is 13.4. The molecule has 0 bridgehead atoms. The van der Waals surface area contributed by atoms with Crippen molar-refractivity contribution in [2.45, 2.75) is 4.90 Å². The zero-order chi connectivity index (χ0) is 11.8. The minimum Gasteiger partial charge on any atom is -0.275 e. The maximum Gasteiger partial charge on any atom is 0.255 e. The summed E-state index contributed by atoms with van der Waals surface area (Å²) >= 11 is 10.5. The monoisotopic (exact) mass is 271 g/mol. The van der Waals surface area contributed by atoms with Crippen molar-refractivity contribution in [2.24, 2.45) is 5.14 Å². The summed E-state index contributed by atoms with van der Waals surface area (Å²) in [5.74, 6) is -1.30. The molecule has 2 N–H and O–H groups in total. The third-order valence-electron chi connectivity index (χ3n) is 1.52. The predicted octanol–water partition coefficient (Wildman–Crippen LogP) is 1.51. The molecule has 0 atom stereocenters. The average Bonchev–Trinajstić information content (AvgIpc) is 2.06. The molecule has 0 aliphatic carbocycles. The molecule has 1 rings (SSSR count). The van der Waals surface area contributed by atoms with Crippen molar-refractivity contribution in [3.05, 3.63) is 28.5 Å². The number of carbonyl (C=O) groups is 1. The molecule has 0 aliphatic rings. The molecule has 0 aliphatic heterocycles. The Morgan fingerprint density at radius 2 is 1.93 bits per heavy atom. The Morgan fingerprint density at radius 3 is 2.33 bits per heavy atom. The van der Waals surface area contributed by atoms with Crippen molar-refractivity contribution in [1.82, 2.24) is 0 Å². The van der Waals surface area contributed by atoms with Crippen LogP contribution >= 0.6 is 23.2 Å². The van der Waals surface area contributed by atoms with Gasteiger partial charge in [-0.05, 0) is 23.7 Å². The van der Waals surface area contributed by atoms with Crippen molar-refractivity contribution < 1.29 is 17.6 Å². The summed E-state index contributed by atoms with van der Waals surface area (Å²) in [7, 11) is -4.28. The summed E-state index contributed by atoms with van der Waals surface area (Å²) in [6, 6.07) is 1.72. The number of nitrogens with two attached hydrogens (primary N) is 1. The van der Waals surface area contributed by atoms with Gasteiger partial charge in [-0.3, -0.25) is 4.79 Å². The van der Waals surface area contributed by atoms with E-state index in [0.29, 0.717) is 0 Å². The van der Waals surface area contributed by atoms with Crippen LogP contribution in [0.5, 0.6) is 0 Å². The summed E-state index contributed by atoms with van der Waals surface area (Å²) in [5.41, 5.74) is -0.631. The van der Waals surface area contributed by atoms with E-state index < -0.39 is 31.5 Å². The molecule has 0 saturated heterocycles. The Hall–Kier alpha value is -0.690. The smallest absolute Gasteiger partial charge is 0.255 e. The quantitative estimate of drug-likeness (QED) is 0.829. The van der Waals surface area contributed by atoms with Crippen molar-refractivity contribution >= 4 is 38.5 Å². The molecule has 0 radical (unpaired) electrons. The SMILES string of the molecule is NS(=O)(=O)c1cc(Cl)cc(C(=O)Cl)c1F. The minimum atomic E-state index is -4.28. The Bertz CT molecular complexity index is 529. The van der Waals surface area contributed by atoms with E-state index in [1.807, 2.05) is 0 Å². The molecular weight excluding hydrogens is 268 g/mol. The number of benzene rings is 1. The number of rotatable bonds is 2. The highest BCUT2D eigenvalue weighted by Crippen LogP contribution is 2.23. The standard InChI is InChI=1S/C7H4Cl2FNO3S/c8-3-1-4(7(9)12)6(10)5(2-3)15(11,13)14/h1-2H,(H2,11,13,14). The lowest BCUT2D eigenvalue weighted by Gasteiger charge is -2.04. The Kier molecular flexibility index (Phi) is 3.34. The Labute approximate surface area is 94.8 Å². The van der Waals surface area contributed by atoms with Gasteiger partial charge < -0.3 is 0 Å². The van der Waals surface area contributed by atoms with Gasteiger partial charge in [-0.2, -0.15) is 0 Å². The molecule has 0 saturated carbocycles. The highest BCUT2D eigenvalue weighted by Gasteiger charge is 2.21. The van der Waals surface area contributed by atoms with Gasteiger partial charge in [0.15, 0.2) is 5.82 Å². The van der Waals surface area contributed by atoms with Gasteiger partial charge >= 0.3 is 0 Å². The van der Waals surface area contributed by atoms with Crippen LogP contribution in [0.25, 0.3) is 0 Å². The number of hydrogen-bond donors (Lipinski definition) is 1. The molecule has 0 unspecified atom stereocenters. The summed E-state index contributed by atoms with van der Waals surface area (Å²) < 4.78 is 35.2. The van der Waals surface area contributed by atoms with Gasteiger partial charge in [0.2, 0.25) is 10.0 Å². The first kappa shape index (κ1) is 12.4. The molecule has 1 aromatic carbocycles. The highest BCUT2D eigenvalue weighted by molar-refractivity contribution is 7.89. The molecule has 4 nitrogen and oxygen atoms in total. The fourth-order valence-corrected chi connectivity index (χ4v) is 1.99. The van der Waals surface area contributed by atoms with E-state index in [2.05, 4.69) is 0 Å². The van der Waals surface area contributed by atoms with Gasteiger partial charge in [0.05, 0.1) is 5.56 Å². The van der Waals surface area contributed by atoms with E-state index in [1.54, 1.807) is 0 Å². The second kappa shape index (κ2) is 4.05. The summed E-state index contributed by atoms with van der Waals surface area (Å²) in [6.07, 6.45) is 0. The van der Waals surface area contributed by atoms with Gasteiger partial charge in [0.1, 0.15) is 4.90 Å². The van der Waals surface area contributed by atoms with Gasteiger partial charge in [-0.25, -0.2) is 17.9 Å².